The monoisotopic (exact) mass is 278 g/mol. The number of nitrogens with one attached hydrogen (secondary N) is 1. The molecule has 0 radical (unpaired) electrons. The van der Waals surface area contributed by atoms with Crippen molar-refractivity contribution in [2.75, 3.05) is 0 Å². The molecule has 2 atom stereocenters. The zero-order valence-corrected chi connectivity index (χ0v) is 10.6. The van der Waals surface area contributed by atoms with E-state index in [0.29, 0.717) is 23.2 Å². The second kappa shape index (κ2) is 4.64. The summed E-state index contributed by atoms with van der Waals surface area (Å²) in [6.45, 7) is 0. The first kappa shape index (κ1) is 12.1. The van der Waals surface area contributed by atoms with Crippen molar-refractivity contribution in [3.05, 3.63) is 35.2 Å². The van der Waals surface area contributed by atoms with Crippen LogP contribution in [0.5, 0.6) is 0 Å². The molecule has 98 valence electrons. The van der Waals surface area contributed by atoms with E-state index in [4.69, 9.17) is 22.0 Å². The number of rotatable bonds is 3. The van der Waals surface area contributed by atoms with E-state index in [-0.39, 0.29) is 17.7 Å². The van der Waals surface area contributed by atoms with Crippen LogP contribution in [0.2, 0.25) is 5.02 Å². The van der Waals surface area contributed by atoms with E-state index in [1.165, 1.54) is 0 Å². The molecule has 1 aliphatic rings. The summed E-state index contributed by atoms with van der Waals surface area (Å²) < 4.78 is 5.18. The van der Waals surface area contributed by atoms with Gasteiger partial charge in [-0.25, -0.2) is 5.84 Å². The SMILES string of the molecule is NNC(=O)C1CC1c1nc(-c2cccc(Cl)c2)no1. The van der Waals surface area contributed by atoms with Crippen LogP contribution >= 0.6 is 11.6 Å². The molecule has 2 aromatic rings. The minimum absolute atomic E-state index is 0.0380. The number of halogens is 1. The van der Waals surface area contributed by atoms with Crippen molar-refractivity contribution in [1.82, 2.24) is 15.6 Å². The standard InChI is InChI=1S/C12H11ClN4O2/c13-7-3-1-2-6(4-7)10-15-12(19-17-10)9-5-8(9)11(18)16-14/h1-4,8-9H,5,14H2,(H,16,18). The van der Waals surface area contributed by atoms with Gasteiger partial charge in [0.2, 0.25) is 17.6 Å². The van der Waals surface area contributed by atoms with Crippen LogP contribution in [0.1, 0.15) is 18.2 Å². The lowest BCUT2D eigenvalue weighted by Gasteiger charge is -1.94. The minimum atomic E-state index is -0.201. The van der Waals surface area contributed by atoms with Gasteiger partial charge in [0.25, 0.3) is 0 Å². The van der Waals surface area contributed by atoms with Crippen molar-refractivity contribution in [2.45, 2.75) is 12.3 Å². The topological polar surface area (TPSA) is 94.0 Å². The molecule has 7 heteroatoms. The molecule has 0 aliphatic heterocycles. The van der Waals surface area contributed by atoms with E-state index in [2.05, 4.69) is 15.6 Å². The number of hydrogen-bond acceptors (Lipinski definition) is 5. The van der Waals surface area contributed by atoms with Crippen LogP contribution in [0.4, 0.5) is 0 Å². The Bertz CT molecular complexity index is 628. The molecule has 0 bridgehead atoms. The molecule has 19 heavy (non-hydrogen) atoms. The predicted molar refractivity (Wildman–Crippen MR) is 67.9 cm³/mol. The fourth-order valence-electron chi connectivity index (χ4n) is 2.00. The maximum Gasteiger partial charge on any atom is 0.237 e. The lowest BCUT2D eigenvalue weighted by molar-refractivity contribution is -0.122. The third-order valence-corrected chi connectivity index (χ3v) is 3.35. The summed E-state index contributed by atoms with van der Waals surface area (Å²) in [5.41, 5.74) is 2.91. The summed E-state index contributed by atoms with van der Waals surface area (Å²) in [4.78, 5) is 15.6. The van der Waals surface area contributed by atoms with Gasteiger partial charge in [0.15, 0.2) is 0 Å². The average Bonchev–Trinajstić information content (AvgIpc) is 3.07. The average molecular weight is 279 g/mol. The van der Waals surface area contributed by atoms with Gasteiger partial charge in [-0.05, 0) is 18.6 Å². The summed E-state index contributed by atoms with van der Waals surface area (Å²) in [5.74, 6) is 5.61. The molecular formula is C12H11ClN4O2. The first-order valence-electron chi connectivity index (χ1n) is 5.79. The molecule has 1 heterocycles. The van der Waals surface area contributed by atoms with Crippen LogP contribution in [-0.2, 0) is 4.79 Å². The maximum absolute atomic E-state index is 11.3. The van der Waals surface area contributed by atoms with Crippen molar-refractivity contribution in [3.8, 4) is 11.4 Å². The van der Waals surface area contributed by atoms with Gasteiger partial charge in [0, 0.05) is 10.6 Å². The highest BCUT2D eigenvalue weighted by atomic mass is 35.5. The maximum atomic E-state index is 11.3. The molecule has 1 aliphatic carbocycles. The first-order chi connectivity index (χ1) is 9.19. The van der Waals surface area contributed by atoms with Gasteiger partial charge in [-0.3, -0.25) is 10.2 Å². The third-order valence-electron chi connectivity index (χ3n) is 3.11. The molecular weight excluding hydrogens is 268 g/mol. The van der Waals surface area contributed by atoms with Crippen LogP contribution < -0.4 is 11.3 Å². The Hall–Kier alpha value is -1.92. The molecule has 1 fully saturated rings. The van der Waals surface area contributed by atoms with Crippen molar-refractivity contribution in [3.63, 3.8) is 0 Å². The highest BCUT2D eigenvalue weighted by molar-refractivity contribution is 6.30. The molecule has 1 aromatic carbocycles. The summed E-state index contributed by atoms with van der Waals surface area (Å²) in [5, 5.41) is 4.51. The van der Waals surface area contributed by atoms with Gasteiger partial charge in [-0.1, -0.05) is 28.9 Å². The number of aromatic nitrogens is 2. The van der Waals surface area contributed by atoms with Crippen LogP contribution in [-0.4, -0.2) is 16.0 Å². The van der Waals surface area contributed by atoms with E-state index in [0.717, 1.165) is 5.56 Å². The fourth-order valence-corrected chi connectivity index (χ4v) is 2.19. The molecule has 1 amide bonds. The normalized spacial score (nSPS) is 21.2. The summed E-state index contributed by atoms with van der Waals surface area (Å²) in [7, 11) is 0. The van der Waals surface area contributed by atoms with Crippen LogP contribution in [0.15, 0.2) is 28.8 Å². The Kier molecular flexibility index (Phi) is 2.96. The summed E-state index contributed by atoms with van der Waals surface area (Å²) in [6.07, 6.45) is 0.681. The van der Waals surface area contributed by atoms with Gasteiger partial charge >= 0.3 is 0 Å². The van der Waals surface area contributed by atoms with Crippen molar-refractivity contribution in [1.29, 1.82) is 0 Å². The van der Waals surface area contributed by atoms with Crippen molar-refractivity contribution in [2.24, 2.45) is 11.8 Å². The van der Waals surface area contributed by atoms with Crippen molar-refractivity contribution < 1.29 is 9.32 Å². The van der Waals surface area contributed by atoms with E-state index >= 15 is 0 Å². The Morgan fingerprint density at radius 2 is 2.37 bits per heavy atom. The van der Waals surface area contributed by atoms with Gasteiger partial charge in [0.05, 0.1) is 11.8 Å². The van der Waals surface area contributed by atoms with Crippen LogP contribution in [0.25, 0.3) is 11.4 Å². The fraction of sp³-hybridized carbons (Fsp3) is 0.250. The second-order valence-electron chi connectivity index (χ2n) is 4.42. The molecule has 3 rings (SSSR count). The Labute approximate surface area is 113 Å². The van der Waals surface area contributed by atoms with E-state index < -0.39 is 0 Å². The first-order valence-corrected chi connectivity index (χ1v) is 6.17. The minimum Gasteiger partial charge on any atom is -0.339 e. The number of benzene rings is 1. The number of amides is 1. The number of hydrogen-bond donors (Lipinski definition) is 2. The third kappa shape index (κ3) is 2.32. The highest BCUT2D eigenvalue weighted by Gasteiger charge is 2.47. The number of nitrogens with zero attached hydrogens (tertiary/aromatic N) is 2. The zero-order valence-electron chi connectivity index (χ0n) is 9.84. The number of hydrazine groups is 1. The van der Waals surface area contributed by atoms with Crippen molar-refractivity contribution >= 4 is 17.5 Å². The molecule has 1 saturated carbocycles. The Morgan fingerprint density at radius 3 is 3.11 bits per heavy atom. The predicted octanol–water partition coefficient (Wildman–Crippen LogP) is 1.48. The summed E-state index contributed by atoms with van der Waals surface area (Å²) >= 11 is 5.91. The van der Waals surface area contributed by atoms with Gasteiger partial charge in [-0.15, -0.1) is 0 Å². The molecule has 2 unspecified atom stereocenters. The van der Waals surface area contributed by atoms with Gasteiger partial charge < -0.3 is 4.52 Å². The van der Waals surface area contributed by atoms with E-state index in [9.17, 15) is 4.79 Å². The zero-order chi connectivity index (χ0) is 13.4. The van der Waals surface area contributed by atoms with Crippen LogP contribution in [0, 0.1) is 5.92 Å². The number of carbonyl (C=O) groups excluding carboxylic acids is 1. The Balaban J connectivity index is 1.80. The molecule has 1 aromatic heterocycles. The van der Waals surface area contributed by atoms with Gasteiger partial charge in [0.1, 0.15) is 0 Å². The van der Waals surface area contributed by atoms with Gasteiger partial charge in [-0.2, -0.15) is 4.98 Å². The quantitative estimate of drug-likeness (QED) is 0.504. The Morgan fingerprint density at radius 1 is 1.53 bits per heavy atom. The smallest absolute Gasteiger partial charge is 0.237 e. The molecule has 6 nitrogen and oxygen atoms in total. The lowest BCUT2D eigenvalue weighted by atomic mass is 10.2. The second-order valence-corrected chi connectivity index (χ2v) is 4.86. The lowest BCUT2D eigenvalue weighted by Crippen LogP contribution is -2.31. The molecule has 0 saturated heterocycles. The van der Waals surface area contributed by atoms with E-state index in [1.54, 1.807) is 12.1 Å². The summed E-state index contributed by atoms with van der Waals surface area (Å²) in [6, 6.07) is 7.19. The molecule has 0 spiro atoms. The highest BCUT2D eigenvalue weighted by Crippen LogP contribution is 2.47. The number of nitrogens with two attached hydrogens (primary N) is 1. The molecule has 3 N–H and O–H groups in total. The number of carbonyl (C=O) groups is 1. The van der Waals surface area contributed by atoms with E-state index in [1.807, 2.05) is 12.1 Å². The largest absolute Gasteiger partial charge is 0.339 e. The van der Waals surface area contributed by atoms with Crippen LogP contribution in [0.3, 0.4) is 0 Å².